The third-order valence-electron chi connectivity index (χ3n) is 2.08. The predicted octanol–water partition coefficient (Wildman–Crippen LogP) is 2.28. The number of carboxylic acids is 1. The summed E-state index contributed by atoms with van der Waals surface area (Å²) in [5.41, 5.74) is 6.33. The van der Waals surface area contributed by atoms with Gasteiger partial charge in [0.15, 0.2) is 0 Å². The van der Waals surface area contributed by atoms with Crippen molar-refractivity contribution in [3.05, 3.63) is 22.7 Å². The second kappa shape index (κ2) is 6.51. The number of hydrogen-bond acceptors (Lipinski definition) is 5. The van der Waals surface area contributed by atoms with Crippen molar-refractivity contribution in [1.29, 1.82) is 0 Å². The van der Waals surface area contributed by atoms with E-state index in [0.717, 1.165) is 0 Å². The number of ether oxygens (including phenoxy) is 1. The number of carbonyl (C=O) groups is 2. The van der Waals surface area contributed by atoms with Gasteiger partial charge in [0.25, 0.3) is 0 Å². The number of anilines is 1. The number of esters is 1. The van der Waals surface area contributed by atoms with Gasteiger partial charge < -0.3 is 15.6 Å². The van der Waals surface area contributed by atoms with E-state index in [1.165, 1.54) is 31.0 Å². The fourth-order valence-electron chi connectivity index (χ4n) is 1.21. The van der Waals surface area contributed by atoms with Gasteiger partial charge in [0.05, 0.1) is 24.1 Å². The lowest BCUT2D eigenvalue weighted by molar-refractivity contribution is -0.136. The van der Waals surface area contributed by atoms with Crippen LogP contribution in [0.3, 0.4) is 0 Å². The van der Waals surface area contributed by atoms with Gasteiger partial charge in [0, 0.05) is 16.3 Å². The van der Waals surface area contributed by atoms with Crippen LogP contribution in [0, 0.1) is 0 Å². The van der Waals surface area contributed by atoms with Gasteiger partial charge in [-0.25, -0.2) is 4.79 Å². The standard InChI is InChI=1S/C11H12ClNO4S/c1-17-11(16)6-4-8(13)9(5-7(6)12)18-3-2-10(14)15/h4-5H,2-3,13H2,1H3,(H,14,15). The second-order valence-corrected chi connectivity index (χ2v) is 4.90. The van der Waals surface area contributed by atoms with Crippen molar-refractivity contribution in [3.8, 4) is 0 Å². The van der Waals surface area contributed by atoms with Crippen molar-refractivity contribution in [2.75, 3.05) is 18.6 Å². The maximum atomic E-state index is 11.4. The molecule has 0 radical (unpaired) electrons. The molecular formula is C11H12ClNO4S. The fourth-order valence-corrected chi connectivity index (χ4v) is 2.44. The molecule has 0 amide bonds. The first-order valence-electron chi connectivity index (χ1n) is 4.97. The molecule has 3 N–H and O–H groups in total. The van der Waals surface area contributed by atoms with E-state index in [1.807, 2.05) is 0 Å². The smallest absolute Gasteiger partial charge is 0.339 e. The zero-order valence-corrected chi connectivity index (χ0v) is 11.2. The van der Waals surface area contributed by atoms with E-state index in [-0.39, 0.29) is 17.0 Å². The van der Waals surface area contributed by atoms with Crippen molar-refractivity contribution < 1.29 is 19.4 Å². The zero-order chi connectivity index (χ0) is 13.7. The van der Waals surface area contributed by atoms with Crippen molar-refractivity contribution >= 4 is 41.0 Å². The number of rotatable bonds is 5. The van der Waals surface area contributed by atoms with Gasteiger partial charge in [-0.3, -0.25) is 4.79 Å². The highest BCUT2D eigenvalue weighted by Crippen LogP contribution is 2.31. The van der Waals surface area contributed by atoms with Gasteiger partial charge in [-0.1, -0.05) is 11.6 Å². The minimum absolute atomic E-state index is 0.0283. The number of aliphatic carboxylic acids is 1. The first-order valence-corrected chi connectivity index (χ1v) is 6.34. The van der Waals surface area contributed by atoms with Crippen molar-refractivity contribution in [3.63, 3.8) is 0 Å². The molecule has 7 heteroatoms. The summed E-state index contributed by atoms with van der Waals surface area (Å²) in [7, 11) is 1.25. The van der Waals surface area contributed by atoms with Crippen LogP contribution >= 0.6 is 23.4 Å². The highest BCUT2D eigenvalue weighted by molar-refractivity contribution is 7.99. The van der Waals surface area contributed by atoms with Crippen LogP contribution in [-0.2, 0) is 9.53 Å². The summed E-state index contributed by atoms with van der Waals surface area (Å²) >= 11 is 7.21. The Morgan fingerprint density at radius 1 is 1.50 bits per heavy atom. The molecule has 0 saturated heterocycles. The number of carboxylic acid groups (broad SMARTS) is 1. The van der Waals surface area contributed by atoms with Crippen LogP contribution < -0.4 is 5.73 Å². The van der Waals surface area contributed by atoms with Gasteiger partial charge in [0.1, 0.15) is 0 Å². The van der Waals surface area contributed by atoms with E-state index < -0.39 is 11.9 Å². The largest absolute Gasteiger partial charge is 0.481 e. The monoisotopic (exact) mass is 289 g/mol. The van der Waals surface area contributed by atoms with E-state index in [2.05, 4.69) is 4.74 Å². The Kier molecular flexibility index (Phi) is 5.30. The lowest BCUT2D eigenvalue weighted by atomic mass is 10.2. The van der Waals surface area contributed by atoms with Crippen LogP contribution in [0.4, 0.5) is 5.69 Å². The normalized spacial score (nSPS) is 10.1. The molecule has 5 nitrogen and oxygen atoms in total. The Morgan fingerprint density at radius 2 is 2.17 bits per heavy atom. The average Bonchev–Trinajstić information content (AvgIpc) is 2.31. The molecule has 1 rings (SSSR count). The number of nitrogens with two attached hydrogens (primary N) is 1. The molecule has 0 unspecified atom stereocenters. The fraction of sp³-hybridized carbons (Fsp3) is 0.273. The Labute approximate surface area is 113 Å². The summed E-state index contributed by atoms with van der Waals surface area (Å²) in [5.74, 6) is -1.06. The van der Waals surface area contributed by atoms with E-state index in [4.69, 9.17) is 22.4 Å². The maximum Gasteiger partial charge on any atom is 0.339 e. The first kappa shape index (κ1) is 14.7. The van der Waals surface area contributed by atoms with E-state index >= 15 is 0 Å². The molecule has 0 aliphatic rings. The summed E-state index contributed by atoms with van der Waals surface area (Å²) in [6.45, 7) is 0. The highest BCUT2D eigenvalue weighted by Gasteiger charge is 2.14. The van der Waals surface area contributed by atoms with Crippen molar-refractivity contribution in [2.24, 2.45) is 0 Å². The van der Waals surface area contributed by atoms with Crippen LogP contribution in [0.2, 0.25) is 5.02 Å². The molecule has 1 aromatic rings. The lowest BCUT2D eigenvalue weighted by Gasteiger charge is -2.08. The van der Waals surface area contributed by atoms with Crippen molar-refractivity contribution in [2.45, 2.75) is 11.3 Å². The second-order valence-electron chi connectivity index (χ2n) is 3.35. The predicted molar refractivity (Wildman–Crippen MR) is 70.2 cm³/mol. The molecule has 0 atom stereocenters. The number of methoxy groups -OCH3 is 1. The molecule has 0 spiro atoms. The topological polar surface area (TPSA) is 89.6 Å². The minimum atomic E-state index is -0.877. The number of halogens is 1. The van der Waals surface area contributed by atoms with Gasteiger partial charge >= 0.3 is 11.9 Å². The summed E-state index contributed by atoms with van der Waals surface area (Å²) in [6.07, 6.45) is 0.0283. The molecule has 98 valence electrons. The SMILES string of the molecule is COC(=O)c1cc(N)c(SCCC(=O)O)cc1Cl. The molecule has 0 heterocycles. The Morgan fingerprint density at radius 3 is 2.72 bits per heavy atom. The molecular weight excluding hydrogens is 278 g/mol. The van der Waals surface area contributed by atoms with Gasteiger partial charge in [-0.2, -0.15) is 0 Å². The third kappa shape index (κ3) is 3.82. The molecule has 1 aromatic carbocycles. The van der Waals surface area contributed by atoms with Gasteiger partial charge in [-0.05, 0) is 12.1 Å². The number of carbonyl (C=O) groups excluding carboxylic acids is 1. The zero-order valence-electron chi connectivity index (χ0n) is 9.60. The van der Waals surface area contributed by atoms with Gasteiger partial charge in [0.2, 0.25) is 0 Å². The summed E-state index contributed by atoms with van der Waals surface area (Å²) < 4.78 is 4.56. The molecule has 0 aliphatic heterocycles. The summed E-state index contributed by atoms with van der Waals surface area (Å²) in [5, 5.41) is 8.76. The van der Waals surface area contributed by atoms with Crippen LogP contribution in [0.1, 0.15) is 16.8 Å². The molecule has 0 fully saturated rings. The van der Waals surface area contributed by atoms with E-state index in [9.17, 15) is 9.59 Å². The third-order valence-corrected chi connectivity index (χ3v) is 3.46. The molecule has 0 saturated carbocycles. The highest BCUT2D eigenvalue weighted by atomic mass is 35.5. The van der Waals surface area contributed by atoms with Crippen LogP contribution in [0.25, 0.3) is 0 Å². The van der Waals surface area contributed by atoms with Gasteiger partial charge in [-0.15, -0.1) is 11.8 Å². The van der Waals surface area contributed by atoms with Crippen molar-refractivity contribution in [1.82, 2.24) is 0 Å². The number of nitrogen functional groups attached to an aromatic ring is 1. The molecule has 0 aliphatic carbocycles. The van der Waals surface area contributed by atoms with Crippen LogP contribution in [-0.4, -0.2) is 29.9 Å². The molecule has 18 heavy (non-hydrogen) atoms. The Balaban J connectivity index is 2.86. The Hall–Kier alpha value is -1.40. The maximum absolute atomic E-state index is 11.4. The van der Waals surface area contributed by atoms with E-state index in [0.29, 0.717) is 16.3 Å². The first-order chi connectivity index (χ1) is 8.45. The minimum Gasteiger partial charge on any atom is -0.481 e. The summed E-state index contributed by atoms with van der Waals surface area (Å²) in [6, 6.07) is 2.97. The average molecular weight is 290 g/mol. The number of thioether (sulfide) groups is 1. The van der Waals surface area contributed by atoms with E-state index in [1.54, 1.807) is 0 Å². The van der Waals surface area contributed by atoms with Crippen LogP contribution in [0.5, 0.6) is 0 Å². The summed E-state index contributed by atoms with van der Waals surface area (Å²) in [4.78, 5) is 22.4. The number of benzene rings is 1. The van der Waals surface area contributed by atoms with Crippen LogP contribution in [0.15, 0.2) is 17.0 Å². The number of hydrogen-bond donors (Lipinski definition) is 2. The quantitative estimate of drug-likeness (QED) is 0.491. The molecule has 0 aromatic heterocycles. The molecule has 0 bridgehead atoms. The lowest BCUT2D eigenvalue weighted by Crippen LogP contribution is -2.04. The Bertz CT molecular complexity index is 478.